The monoisotopic (exact) mass is 394 g/mol. The number of nitrogens with one attached hydrogen (secondary N) is 1. The van der Waals surface area contributed by atoms with Gasteiger partial charge < -0.3 is 14.7 Å². The molecule has 2 fully saturated rings. The predicted molar refractivity (Wildman–Crippen MR) is 115 cm³/mol. The number of amides is 2. The lowest BCUT2D eigenvalue weighted by atomic mass is 9.92. The minimum absolute atomic E-state index is 0.0970. The largest absolute Gasteiger partial charge is 0.337 e. The zero-order valence-corrected chi connectivity index (χ0v) is 17.6. The maximum Gasteiger partial charge on any atom is 0.277 e. The molecule has 2 aliphatic rings. The topological polar surface area (TPSA) is 45.1 Å². The van der Waals surface area contributed by atoms with E-state index in [2.05, 4.69) is 24.8 Å². The summed E-state index contributed by atoms with van der Waals surface area (Å²) in [5.74, 6) is 1.55. The van der Waals surface area contributed by atoms with E-state index in [1.165, 1.54) is 11.3 Å². The molecule has 2 atom stereocenters. The molecule has 2 aromatic carbocycles. The van der Waals surface area contributed by atoms with Crippen molar-refractivity contribution in [2.75, 3.05) is 45.8 Å². The van der Waals surface area contributed by atoms with E-state index in [0.29, 0.717) is 31.5 Å². The van der Waals surface area contributed by atoms with Crippen molar-refractivity contribution in [3.63, 3.8) is 0 Å². The first-order valence-corrected chi connectivity index (χ1v) is 10.9. The fraction of sp³-hybridized carbons (Fsp3) is 0.500. The van der Waals surface area contributed by atoms with Crippen LogP contribution in [0.4, 0.5) is 0 Å². The van der Waals surface area contributed by atoms with Crippen molar-refractivity contribution in [1.29, 1.82) is 0 Å². The second kappa shape index (κ2) is 8.54. The molecule has 2 aromatic rings. The summed E-state index contributed by atoms with van der Waals surface area (Å²) in [5, 5.41) is 2.25. The average Bonchev–Trinajstić information content (AvgIpc) is 2.72. The molecular weight excluding hydrogens is 362 g/mol. The smallest absolute Gasteiger partial charge is 0.277 e. The number of hydrogen-bond acceptors (Lipinski definition) is 2. The number of piperazine rings is 1. The first kappa shape index (κ1) is 19.9. The first-order chi connectivity index (χ1) is 14.0. The molecule has 0 radical (unpaired) electrons. The quantitative estimate of drug-likeness (QED) is 0.861. The number of rotatable bonds is 3. The fourth-order valence-corrected chi connectivity index (χ4v) is 4.90. The van der Waals surface area contributed by atoms with E-state index in [9.17, 15) is 9.59 Å². The summed E-state index contributed by atoms with van der Waals surface area (Å²) in [6.07, 6.45) is 1.21. The molecule has 1 N–H and O–H groups in total. The van der Waals surface area contributed by atoms with Crippen LogP contribution in [-0.4, -0.2) is 67.4 Å². The number of nitrogens with zero attached hydrogens (tertiary/aromatic N) is 2. The zero-order valence-electron chi connectivity index (χ0n) is 17.6. The standard InChI is InChI=1S/C24H31N3O2/c1-18-13-19(2)16-27(15-18)23(28)17-25-9-11-26(12-10-25)24(29)22-8-7-20-5-3-4-6-21(20)14-22/h3-8,14,18-19H,9-13,15-17H2,1-2H3/p+1/t18-,19+. The summed E-state index contributed by atoms with van der Waals surface area (Å²) >= 11 is 0. The maximum absolute atomic E-state index is 12.9. The van der Waals surface area contributed by atoms with Gasteiger partial charge in [0.25, 0.3) is 11.8 Å². The van der Waals surface area contributed by atoms with Crippen LogP contribution in [0.25, 0.3) is 10.8 Å². The lowest BCUT2D eigenvalue weighted by Gasteiger charge is -2.37. The molecule has 0 unspecified atom stereocenters. The van der Waals surface area contributed by atoms with Crippen molar-refractivity contribution in [1.82, 2.24) is 9.80 Å². The van der Waals surface area contributed by atoms with Crippen LogP contribution in [0.1, 0.15) is 30.6 Å². The van der Waals surface area contributed by atoms with E-state index >= 15 is 0 Å². The van der Waals surface area contributed by atoms with E-state index in [-0.39, 0.29) is 11.8 Å². The van der Waals surface area contributed by atoms with Crippen LogP contribution in [-0.2, 0) is 4.79 Å². The van der Waals surface area contributed by atoms with Gasteiger partial charge in [0.05, 0.1) is 26.2 Å². The highest BCUT2D eigenvalue weighted by Crippen LogP contribution is 2.20. The summed E-state index contributed by atoms with van der Waals surface area (Å²) in [6.45, 7) is 9.90. The first-order valence-electron chi connectivity index (χ1n) is 10.9. The summed E-state index contributed by atoms with van der Waals surface area (Å²) in [7, 11) is 0. The van der Waals surface area contributed by atoms with Gasteiger partial charge in [0.1, 0.15) is 0 Å². The van der Waals surface area contributed by atoms with E-state index in [4.69, 9.17) is 0 Å². The Balaban J connectivity index is 1.31. The van der Waals surface area contributed by atoms with Crippen LogP contribution in [0.15, 0.2) is 42.5 Å². The normalized spacial score (nSPS) is 23.4. The van der Waals surface area contributed by atoms with Crippen molar-refractivity contribution in [2.45, 2.75) is 20.3 Å². The number of fused-ring (bicyclic) bond motifs is 1. The van der Waals surface area contributed by atoms with Crippen molar-refractivity contribution < 1.29 is 14.5 Å². The Morgan fingerprint density at radius 3 is 2.28 bits per heavy atom. The number of carbonyl (C=O) groups is 2. The minimum Gasteiger partial charge on any atom is -0.337 e. The molecule has 2 heterocycles. The highest BCUT2D eigenvalue weighted by atomic mass is 16.2. The molecule has 0 aliphatic carbocycles. The molecule has 5 nitrogen and oxygen atoms in total. The van der Waals surface area contributed by atoms with E-state index < -0.39 is 0 Å². The highest BCUT2D eigenvalue weighted by Gasteiger charge is 2.30. The van der Waals surface area contributed by atoms with Gasteiger partial charge in [0.15, 0.2) is 6.54 Å². The lowest BCUT2D eigenvalue weighted by Crippen LogP contribution is -3.15. The molecule has 5 heteroatoms. The van der Waals surface area contributed by atoms with Gasteiger partial charge in [-0.25, -0.2) is 0 Å². The van der Waals surface area contributed by atoms with Crippen molar-refractivity contribution in [3.05, 3.63) is 48.0 Å². The highest BCUT2D eigenvalue weighted by molar-refractivity contribution is 5.98. The third-order valence-electron chi connectivity index (χ3n) is 6.38. The Kier molecular flexibility index (Phi) is 5.86. The van der Waals surface area contributed by atoms with Crippen molar-refractivity contribution in [3.8, 4) is 0 Å². The number of piperidine rings is 1. The van der Waals surface area contributed by atoms with Gasteiger partial charge in [0, 0.05) is 18.7 Å². The molecule has 0 spiro atoms. The van der Waals surface area contributed by atoms with Crippen LogP contribution < -0.4 is 4.90 Å². The number of likely N-dealkylation sites (tertiary alicyclic amines) is 1. The molecule has 29 heavy (non-hydrogen) atoms. The summed E-state index contributed by atoms with van der Waals surface area (Å²) < 4.78 is 0. The van der Waals surface area contributed by atoms with Crippen LogP contribution in [0.5, 0.6) is 0 Å². The number of hydrogen-bond donors (Lipinski definition) is 1. The molecule has 2 saturated heterocycles. The van der Waals surface area contributed by atoms with Gasteiger partial charge >= 0.3 is 0 Å². The van der Waals surface area contributed by atoms with Gasteiger partial charge in [-0.15, -0.1) is 0 Å². The number of carbonyl (C=O) groups excluding carboxylic acids is 2. The Morgan fingerprint density at radius 2 is 1.59 bits per heavy atom. The van der Waals surface area contributed by atoms with Crippen LogP contribution >= 0.6 is 0 Å². The Labute approximate surface area is 173 Å². The van der Waals surface area contributed by atoms with Gasteiger partial charge in [-0.2, -0.15) is 0 Å². The molecule has 2 aliphatic heterocycles. The fourth-order valence-electron chi connectivity index (χ4n) is 4.90. The third kappa shape index (κ3) is 4.61. The number of quaternary nitrogens is 1. The zero-order chi connectivity index (χ0) is 20.4. The maximum atomic E-state index is 12.9. The van der Waals surface area contributed by atoms with Gasteiger partial charge in [-0.1, -0.05) is 44.2 Å². The van der Waals surface area contributed by atoms with Gasteiger partial charge in [0.2, 0.25) is 0 Å². The van der Waals surface area contributed by atoms with E-state index in [1.54, 1.807) is 0 Å². The Hall–Kier alpha value is -2.40. The predicted octanol–water partition coefficient (Wildman–Crippen LogP) is 1.69. The Morgan fingerprint density at radius 1 is 0.931 bits per heavy atom. The lowest BCUT2D eigenvalue weighted by molar-refractivity contribution is -0.896. The SMILES string of the molecule is C[C@@H]1C[C@H](C)CN(C(=O)C[NH+]2CCN(C(=O)c3ccc4ccccc4c3)CC2)C1. The van der Waals surface area contributed by atoms with Crippen LogP contribution in [0.2, 0.25) is 0 Å². The second-order valence-corrected chi connectivity index (χ2v) is 9.03. The molecule has 0 aromatic heterocycles. The molecular formula is C24H32N3O2+. The van der Waals surface area contributed by atoms with E-state index in [0.717, 1.165) is 42.5 Å². The summed E-state index contributed by atoms with van der Waals surface area (Å²) in [4.78, 5) is 31.0. The average molecular weight is 395 g/mol. The molecule has 0 bridgehead atoms. The van der Waals surface area contributed by atoms with Crippen LogP contribution in [0, 0.1) is 11.8 Å². The second-order valence-electron chi connectivity index (χ2n) is 9.03. The third-order valence-corrected chi connectivity index (χ3v) is 6.38. The van der Waals surface area contributed by atoms with Gasteiger partial charge in [-0.05, 0) is 41.2 Å². The summed E-state index contributed by atoms with van der Waals surface area (Å²) in [6, 6.07) is 14.0. The molecule has 2 amide bonds. The summed E-state index contributed by atoms with van der Waals surface area (Å²) in [5.41, 5.74) is 0.750. The van der Waals surface area contributed by atoms with Crippen molar-refractivity contribution >= 4 is 22.6 Å². The Bertz CT molecular complexity index is 879. The van der Waals surface area contributed by atoms with Crippen LogP contribution in [0.3, 0.4) is 0 Å². The van der Waals surface area contributed by atoms with E-state index in [1.807, 2.05) is 41.3 Å². The number of benzene rings is 2. The molecule has 0 saturated carbocycles. The van der Waals surface area contributed by atoms with Crippen molar-refractivity contribution in [2.24, 2.45) is 11.8 Å². The van der Waals surface area contributed by atoms with Gasteiger partial charge in [-0.3, -0.25) is 9.59 Å². The molecule has 154 valence electrons. The minimum atomic E-state index is 0.0970. The molecule has 4 rings (SSSR count).